The minimum atomic E-state index is -0.392. The van der Waals surface area contributed by atoms with Crippen molar-refractivity contribution in [3.05, 3.63) is 12.2 Å². The van der Waals surface area contributed by atoms with Crippen molar-refractivity contribution in [1.29, 1.82) is 0 Å². The highest BCUT2D eigenvalue weighted by Crippen LogP contribution is 1.75. The van der Waals surface area contributed by atoms with Gasteiger partial charge in [0.15, 0.2) is 0 Å². The van der Waals surface area contributed by atoms with Crippen molar-refractivity contribution in [2.75, 3.05) is 20.6 Å². The molecule has 0 radical (unpaired) electrons. The van der Waals surface area contributed by atoms with Gasteiger partial charge in [-0.15, -0.1) is 0 Å². The first-order valence-corrected chi connectivity index (χ1v) is 4.15. The molecular formula is C9H22N2O. The Hall–Kier alpha value is -0.830. The zero-order valence-electron chi connectivity index (χ0n) is 8.50. The second kappa shape index (κ2) is 10.2. The third kappa shape index (κ3) is 22.9. The molecule has 0 aromatic carbocycles. The highest BCUT2D eigenvalue weighted by molar-refractivity contribution is 5.85. The number of rotatable bonds is 3. The Labute approximate surface area is 76.7 Å². The van der Waals surface area contributed by atoms with Crippen molar-refractivity contribution in [2.45, 2.75) is 20.3 Å². The average molecular weight is 174 g/mol. The van der Waals surface area contributed by atoms with E-state index in [-0.39, 0.29) is 1.43 Å². The summed E-state index contributed by atoms with van der Waals surface area (Å²) in [5.74, 6) is -0.392. The van der Waals surface area contributed by atoms with Crippen LogP contribution in [0.3, 0.4) is 0 Å². The molecule has 74 valence electrons. The Morgan fingerprint density at radius 2 is 1.92 bits per heavy atom. The van der Waals surface area contributed by atoms with Crippen molar-refractivity contribution in [1.82, 2.24) is 4.90 Å². The van der Waals surface area contributed by atoms with Gasteiger partial charge in [0.2, 0.25) is 5.91 Å². The Balaban J connectivity index is -0.000000220. The smallest absolute Gasteiger partial charge is 0.241 e. The van der Waals surface area contributed by atoms with E-state index in [9.17, 15) is 4.79 Å². The molecule has 0 aromatic heterocycles. The van der Waals surface area contributed by atoms with Gasteiger partial charge < -0.3 is 10.6 Å². The van der Waals surface area contributed by atoms with E-state index in [1.807, 2.05) is 19.0 Å². The number of hydrogen-bond donors (Lipinski definition) is 1. The Kier molecular flexibility index (Phi) is 11.6. The number of carbonyl (C=O) groups excluding carboxylic acids is 1. The van der Waals surface area contributed by atoms with Crippen LogP contribution in [0.15, 0.2) is 12.2 Å². The van der Waals surface area contributed by atoms with E-state index in [0.717, 1.165) is 6.54 Å². The lowest BCUT2D eigenvalue weighted by atomic mass is 10.4. The van der Waals surface area contributed by atoms with Crippen molar-refractivity contribution < 1.29 is 6.22 Å². The summed E-state index contributed by atoms with van der Waals surface area (Å²) in [7, 11) is 3.84. The SMILES string of the molecule is CCC.CN(C)C/C=C/C(N)=O.[HH]. The molecule has 0 aliphatic heterocycles. The Morgan fingerprint density at radius 3 is 2.17 bits per heavy atom. The maximum atomic E-state index is 10.1. The zero-order chi connectivity index (χ0) is 9.98. The van der Waals surface area contributed by atoms with Crippen LogP contribution in [0.4, 0.5) is 0 Å². The van der Waals surface area contributed by atoms with Gasteiger partial charge in [-0.25, -0.2) is 0 Å². The molecule has 3 nitrogen and oxygen atoms in total. The van der Waals surface area contributed by atoms with Crippen molar-refractivity contribution >= 4 is 5.91 Å². The third-order valence-electron chi connectivity index (χ3n) is 0.753. The monoisotopic (exact) mass is 174 g/mol. The summed E-state index contributed by atoms with van der Waals surface area (Å²) in [6.07, 6.45) is 4.34. The first kappa shape index (κ1) is 13.7. The number of carbonyl (C=O) groups is 1. The lowest BCUT2D eigenvalue weighted by Gasteiger charge is -2.02. The van der Waals surface area contributed by atoms with Crippen LogP contribution in [0.5, 0.6) is 0 Å². The maximum Gasteiger partial charge on any atom is 0.241 e. The molecule has 0 saturated carbocycles. The van der Waals surface area contributed by atoms with E-state index in [1.165, 1.54) is 12.5 Å². The third-order valence-corrected chi connectivity index (χ3v) is 0.753. The number of primary amides is 1. The molecule has 0 spiro atoms. The minimum Gasteiger partial charge on any atom is -0.366 e. The second-order valence-electron chi connectivity index (χ2n) is 2.77. The molecule has 0 atom stereocenters. The van der Waals surface area contributed by atoms with Crippen molar-refractivity contribution in [2.24, 2.45) is 5.73 Å². The van der Waals surface area contributed by atoms with E-state index in [4.69, 9.17) is 5.73 Å². The molecule has 0 saturated heterocycles. The van der Waals surface area contributed by atoms with Gasteiger partial charge in [0.1, 0.15) is 0 Å². The molecule has 0 bridgehead atoms. The fourth-order valence-corrected chi connectivity index (χ4v) is 0.380. The highest BCUT2D eigenvalue weighted by atomic mass is 16.1. The lowest BCUT2D eigenvalue weighted by Crippen LogP contribution is -2.12. The number of hydrogen-bond acceptors (Lipinski definition) is 2. The summed E-state index contributed by atoms with van der Waals surface area (Å²) in [6.45, 7) is 5.00. The highest BCUT2D eigenvalue weighted by Gasteiger charge is 1.83. The number of likely N-dealkylation sites (N-methyl/N-ethyl adjacent to an activating group) is 1. The van der Waals surface area contributed by atoms with E-state index < -0.39 is 5.91 Å². The molecule has 1 amide bonds. The quantitative estimate of drug-likeness (QED) is 0.655. The molecule has 0 aromatic rings. The topological polar surface area (TPSA) is 46.3 Å². The van der Waals surface area contributed by atoms with Crippen LogP contribution in [0, 0.1) is 0 Å². The maximum absolute atomic E-state index is 10.1. The lowest BCUT2D eigenvalue weighted by molar-refractivity contribution is -0.113. The number of nitrogens with two attached hydrogens (primary N) is 1. The van der Waals surface area contributed by atoms with Gasteiger partial charge in [-0.2, -0.15) is 0 Å². The van der Waals surface area contributed by atoms with Crippen LogP contribution in [0.2, 0.25) is 0 Å². The summed E-state index contributed by atoms with van der Waals surface area (Å²) < 4.78 is 0. The first-order valence-electron chi connectivity index (χ1n) is 4.15. The zero-order valence-corrected chi connectivity index (χ0v) is 8.50. The first-order chi connectivity index (χ1) is 5.54. The molecule has 0 aliphatic rings. The minimum absolute atomic E-state index is 0. The molecule has 0 heterocycles. The fourth-order valence-electron chi connectivity index (χ4n) is 0.380. The van der Waals surface area contributed by atoms with Gasteiger partial charge in [-0.1, -0.05) is 26.3 Å². The van der Waals surface area contributed by atoms with Crippen LogP contribution in [0.1, 0.15) is 21.7 Å². The largest absolute Gasteiger partial charge is 0.366 e. The van der Waals surface area contributed by atoms with Crippen LogP contribution in [-0.4, -0.2) is 31.4 Å². The van der Waals surface area contributed by atoms with Crippen molar-refractivity contribution in [3.8, 4) is 0 Å². The molecule has 0 fully saturated rings. The van der Waals surface area contributed by atoms with E-state index in [0.29, 0.717) is 0 Å². The summed E-state index contributed by atoms with van der Waals surface area (Å²) in [5.41, 5.74) is 4.83. The van der Waals surface area contributed by atoms with Gasteiger partial charge >= 0.3 is 0 Å². The van der Waals surface area contributed by atoms with E-state index in [1.54, 1.807) is 6.08 Å². The van der Waals surface area contributed by atoms with Crippen LogP contribution >= 0.6 is 0 Å². The standard InChI is InChI=1S/C6H12N2O.C3H8.H2/c1-8(2)5-3-4-6(7)9;1-3-2;/h3-4H,5H2,1-2H3,(H2,7,9);3H2,1-2H3;1H/b4-3+;;. The Morgan fingerprint density at radius 1 is 1.50 bits per heavy atom. The van der Waals surface area contributed by atoms with Gasteiger partial charge in [-0.05, 0) is 20.2 Å². The fraction of sp³-hybridized carbons (Fsp3) is 0.667. The molecular weight excluding hydrogens is 152 g/mol. The Bertz CT molecular complexity index is 136. The van der Waals surface area contributed by atoms with Gasteiger partial charge in [0.25, 0.3) is 0 Å². The predicted molar refractivity (Wildman–Crippen MR) is 55.0 cm³/mol. The van der Waals surface area contributed by atoms with Crippen LogP contribution < -0.4 is 5.73 Å². The number of nitrogens with zero attached hydrogens (tertiary/aromatic N) is 1. The molecule has 0 unspecified atom stereocenters. The summed E-state index contributed by atoms with van der Waals surface area (Å²) in [6, 6.07) is 0. The number of amides is 1. The molecule has 3 heteroatoms. The van der Waals surface area contributed by atoms with Gasteiger partial charge in [0.05, 0.1) is 0 Å². The molecule has 0 aliphatic carbocycles. The summed E-state index contributed by atoms with van der Waals surface area (Å²) in [5, 5.41) is 0. The molecule has 0 rings (SSSR count). The molecule has 12 heavy (non-hydrogen) atoms. The van der Waals surface area contributed by atoms with Gasteiger partial charge in [0, 0.05) is 7.97 Å². The second-order valence-corrected chi connectivity index (χ2v) is 2.77. The summed E-state index contributed by atoms with van der Waals surface area (Å²) in [4.78, 5) is 12.0. The van der Waals surface area contributed by atoms with Gasteiger partial charge in [-0.3, -0.25) is 4.79 Å². The average Bonchev–Trinajstić information content (AvgIpc) is 1.87. The van der Waals surface area contributed by atoms with E-state index in [2.05, 4.69) is 13.8 Å². The van der Waals surface area contributed by atoms with Crippen LogP contribution in [-0.2, 0) is 4.79 Å². The summed E-state index contributed by atoms with van der Waals surface area (Å²) >= 11 is 0. The van der Waals surface area contributed by atoms with Crippen molar-refractivity contribution in [3.63, 3.8) is 0 Å². The normalized spacial score (nSPS) is 9.75. The van der Waals surface area contributed by atoms with E-state index >= 15 is 0 Å². The predicted octanol–water partition coefficient (Wildman–Crippen LogP) is 1.25. The van der Waals surface area contributed by atoms with Crippen LogP contribution in [0.25, 0.3) is 0 Å². The molecule has 2 N–H and O–H groups in total.